The highest BCUT2D eigenvalue weighted by Gasteiger charge is 2.08. The molecule has 6 nitrogen and oxygen atoms in total. The minimum Gasteiger partial charge on any atom is -0.494 e. The molecule has 0 spiro atoms. The van der Waals surface area contributed by atoms with Crippen molar-refractivity contribution in [2.24, 2.45) is 0 Å². The second kappa shape index (κ2) is 8.27. The van der Waals surface area contributed by atoms with Gasteiger partial charge in [0, 0.05) is 48.7 Å². The maximum Gasteiger partial charge on any atom is 0.222 e. The number of nitrogens with zero attached hydrogens (tertiary/aromatic N) is 3. The Morgan fingerprint density at radius 3 is 2.71 bits per heavy atom. The van der Waals surface area contributed by atoms with Crippen LogP contribution >= 0.6 is 11.6 Å². The minimum absolute atomic E-state index is 0.582. The van der Waals surface area contributed by atoms with E-state index in [0.29, 0.717) is 30.5 Å². The van der Waals surface area contributed by atoms with Gasteiger partial charge >= 0.3 is 0 Å². The molecule has 0 saturated heterocycles. The molecule has 0 bridgehead atoms. The zero-order valence-electron chi connectivity index (χ0n) is 15.4. The lowest BCUT2D eigenvalue weighted by atomic mass is 10.1. The van der Waals surface area contributed by atoms with Gasteiger partial charge < -0.3 is 15.0 Å². The summed E-state index contributed by atoms with van der Waals surface area (Å²) in [6.45, 7) is 3.21. The molecule has 0 atom stereocenters. The number of benzene rings is 1. The number of rotatable bonds is 7. The van der Waals surface area contributed by atoms with Gasteiger partial charge in [0.05, 0.1) is 11.6 Å². The van der Waals surface area contributed by atoms with E-state index in [1.165, 1.54) is 0 Å². The summed E-state index contributed by atoms with van der Waals surface area (Å²) in [6, 6.07) is 9.87. The van der Waals surface area contributed by atoms with E-state index in [-0.39, 0.29) is 0 Å². The first-order valence-electron chi connectivity index (χ1n) is 9.10. The molecule has 7 heteroatoms. The third-order valence-corrected chi connectivity index (χ3v) is 4.60. The number of ether oxygens (including phenoxy) is 1. The van der Waals surface area contributed by atoms with Crippen LogP contribution in [0.2, 0.25) is 5.02 Å². The van der Waals surface area contributed by atoms with Crippen molar-refractivity contribution in [2.45, 2.75) is 19.9 Å². The van der Waals surface area contributed by atoms with E-state index in [2.05, 4.69) is 25.3 Å². The van der Waals surface area contributed by atoms with E-state index in [1.807, 2.05) is 55.8 Å². The van der Waals surface area contributed by atoms with Gasteiger partial charge in [0.15, 0.2) is 0 Å². The van der Waals surface area contributed by atoms with Gasteiger partial charge in [-0.1, -0.05) is 29.8 Å². The summed E-state index contributed by atoms with van der Waals surface area (Å²) in [7, 11) is 0. The first kappa shape index (κ1) is 18.3. The second-order valence-electron chi connectivity index (χ2n) is 6.35. The molecule has 0 radical (unpaired) electrons. The van der Waals surface area contributed by atoms with E-state index in [4.69, 9.17) is 16.3 Å². The quantitative estimate of drug-likeness (QED) is 0.479. The SMILES string of the molecule is CCOc1ccccc1CNc1ncc(Cc2c[nH]c3ncc(Cl)cc23)cn1. The number of fused-ring (bicyclic) bond motifs is 1. The van der Waals surface area contributed by atoms with Gasteiger partial charge in [0.25, 0.3) is 0 Å². The van der Waals surface area contributed by atoms with Crippen molar-refractivity contribution in [3.63, 3.8) is 0 Å². The normalized spacial score (nSPS) is 10.9. The number of aromatic amines is 1. The zero-order chi connectivity index (χ0) is 19.3. The molecule has 3 heterocycles. The van der Waals surface area contributed by atoms with Crippen LogP contribution in [-0.2, 0) is 13.0 Å². The van der Waals surface area contributed by atoms with E-state index in [0.717, 1.165) is 33.5 Å². The van der Waals surface area contributed by atoms with Gasteiger partial charge in [0.2, 0.25) is 5.95 Å². The van der Waals surface area contributed by atoms with Crippen LogP contribution < -0.4 is 10.1 Å². The Hall–Kier alpha value is -3.12. The van der Waals surface area contributed by atoms with Crippen molar-refractivity contribution in [2.75, 3.05) is 11.9 Å². The number of nitrogens with one attached hydrogen (secondary N) is 2. The zero-order valence-corrected chi connectivity index (χ0v) is 16.2. The molecule has 2 N–H and O–H groups in total. The highest BCUT2D eigenvalue weighted by molar-refractivity contribution is 6.31. The van der Waals surface area contributed by atoms with Crippen molar-refractivity contribution < 1.29 is 4.74 Å². The smallest absolute Gasteiger partial charge is 0.222 e. The fourth-order valence-corrected chi connectivity index (χ4v) is 3.21. The molecule has 142 valence electrons. The Kier molecular flexibility index (Phi) is 5.39. The maximum atomic E-state index is 6.07. The van der Waals surface area contributed by atoms with Crippen LogP contribution in [0.15, 0.2) is 55.1 Å². The number of pyridine rings is 1. The monoisotopic (exact) mass is 393 g/mol. The Morgan fingerprint density at radius 1 is 1.07 bits per heavy atom. The molecule has 0 saturated carbocycles. The number of para-hydroxylation sites is 1. The van der Waals surface area contributed by atoms with E-state index in [9.17, 15) is 0 Å². The summed E-state index contributed by atoms with van der Waals surface area (Å²) in [4.78, 5) is 16.3. The molecule has 0 aliphatic carbocycles. The molecule has 1 aromatic carbocycles. The van der Waals surface area contributed by atoms with Crippen molar-refractivity contribution >= 4 is 28.6 Å². The third-order valence-electron chi connectivity index (χ3n) is 4.39. The molecule has 4 aromatic rings. The molecule has 28 heavy (non-hydrogen) atoms. The molecule has 0 aliphatic rings. The molecule has 4 rings (SSSR count). The third kappa shape index (κ3) is 4.07. The Bertz CT molecular complexity index is 1080. The van der Waals surface area contributed by atoms with E-state index >= 15 is 0 Å². The first-order valence-corrected chi connectivity index (χ1v) is 9.47. The minimum atomic E-state index is 0.582. The number of anilines is 1. The van der Waals surface area contributed by atoms with Gasteiger partial charge in [-0.3, -0.25) is 0 Å². The summed E-state index contributed by atoms with van der Waals surface area (Å²) >= 11 is 6.07. The van der Waals surface area contributed by atoms with E-state index in [1.54, 1.807) is 6.20 Å². The summed E-state index contributed by atoms with van der Waals surface area (Å²) in [5.74, 6) is 1.46. The van der Waals surface area contributed by atoms with Gasteiger partial charge in [-0.2, -0.15) is 0 Å². The summed E-state index contributed by atoms with van der Waals surface area (Å²) in [6.07, 6.45) is 7.96. The Balaban J connectivity index is 1.43. The van der Waals surface area contributed by atoms with Crippen molar-refractivity contribution in [3.8, 4) is 5.75 Å². The van der Waals surface area contributed by atoms with Crippen LogP contribution in [0.25, 0.3) is 11.0 Å². The van der Waals surface area contributed by atoms with Crippen LogP contribution in [0, 0.1) is 0 Å². The number of aromatic nitrogens is 4. The number of hydrogen-bond acceptors (Lipinski definition) is 5. The second-order valence-corrected chi connectivity index (χ2v) is 6.79. The molecular weight excluding hydrogens is 374 g/mol. The van der Waals surface area contributed by atoms with Crippen LogP contribution in [0.5, 0.6) is 5.75 Å². The largest absolute Gasteiger partial charge is 0.494 e. The van der Waals surface area contributed by atoms with Crippen molar-refractivity contribution in [3.05, 3.63) is 76.8 Å². The standard InChI is InChI=1S/C21H20ClN5O/c1-2-28-19-6-4-3-5-15(19)11-27-21-25-9-14(10-26-21)7-16-12-23-20-18(16)8-17(22)13-24-20/h3-6,8-10,12-13H,2,7,11H2,1H3,(H,23,24)(H,25,26,27). The van der Waals surface area contributed by atoms with Crippen molar-refractivity contribution in [1.29, 1.82) is 0 Å². The summed E-state index contributed by atoms with van der Waals surface area (Å²) < 4.78 is 5.65. The average molecular weight is 394 g/mol. The topological polar surface area (TPSA) is 75.7 Å². The highest BCUT2D eigenvalue weighted by atomic mass is 35.5. The lowest BCUT2D eigenvalue weighted by molar-refractivity contribution is 0.337. The fraction of sp³-hybridized carbons (Fsp3) is 0.190. The molecule has 0 fully saturated rings. The Labute approximate surface area is 168 Å². The number of H-pyrrole nitrogens is 1. The maximum absolute atomic E-state index is 6.07. The van der Waals surface area contributed by atoms with Crippen LogP contribution in [-0.4, -0.2) is 26.5 Å². The summed E-state index contributed by atoms with van der Waals surface area (Å²) in [5, 5.41) is 4.88. The predicted molar refractivity (Wildman–Crippen MR) is 111 cm³/mol. The number of halogens is 1. The van der Waals surface area contributed by atoms with Crippen LogP contribution in [0.3, 0.4) is 0 Å². The average Bonchev–Trinajstić information content (AvgIpc) is 3.10. The van der Waals surface area contributed by atoms with Gasteiger partial charge in [-0.25, -0.2) is 15.0 Å². The summed E-state index contributed by atoms with van der Waals surface area (Å²) in [5.41, 5.74) is 4.02. The lowest BCUT2D eigenvalue weighted by Crippen LogP contribution is -2.06. The predicted octanol–water partition coefficient (Wildman–Crippen LogP) is 4.61. The highest BCUT2D eigenvalue weighted by Crippen LogP contribution is 2.23. The molecule has 0 amide bonds. The Morgan fingerprint density at radius 2 is 1.89 bits per heavy atom. The number of hydrogen-bond donors (Lipinski definition) is 2. The van der Waals surface area contributed by atoms with Crippen LogP contribution in [0.1, 0.15) is 23.6 Å². The fourth-order valence-electron chi connectivity index (χ4n) is 3.06. The van der Waals surface area contributed by atoms with Crippen molar-refractivity contribution in [1.82, 2.24) is 19.9 Å². The molecular formula is C21H20ClN5O. The van der Waals surface area contributed by atoms with E-state index < -0.39 is 0 Å². The molecule has 0 unspecified atom stereocenters. The van der Waals surface area contributed by atoms with Crippen LogP contribution in [0.4, 0.5) is 5.95 Å². The lowest BCUT2D eigenvalue weighted by Gasteiger charge is -2.11. The van der Waals surface area contributed by atoms with Gasteiger partial charge in [-0.15, -0.1) is 0 Å². The molecule has 0 aliphatic heterocycles. The molecule has 3 aromatic heterocycles. The first-order chi connectivity index (χ1) is 13.7. The van der Waals surface area contributed by atoms with Gasteiger partial charge in [-0.05, 0) is 30.2 Å². The van der Waals surface area contributed by atoms with Gasteiger partial charge in [0.1, 0.15) is 11.4 Å².